The number of rotatable bonds is 4. The van der Waals surface area contributed by atoms with E-state index in [9.17, 15) is 14.0 Å². The number of halogens is 1. The molecule has 96 valence electrons. The first-order valence-corrected chi connectivity index (χ1v) is 5.84. The molecule has 0 aliphatic carbocycles. The summed E-state index contributed by atoms with van der Waals surface area (Å²) in [5.74, 6) is -2.66. The molecule has 18 heavy (non-hydrogen) atoms. The Hall–Kier alpha value is -1.91. The third-order valence-electron chi connectivity index (χ3n) is 3.20. The molecule has 1 fully saturated rings. The van der Waals surface area contributed by atoms with Crippen LogP contribution in [0.25, 0.3) is 0 Å². The average molecular weight is 251 g/mol. The summed E-state index contributed by atoms with van der Waals surface area (Å²) in [6.45, 7) is 0.799. The van der Waals surface area contributed by atoms with E-state index in [1.807, 2.05) is 0 Å². The molecule has 1 N–H and O–H groups in total. The maximum absolute atomic E-state index is 13.4. The van der Waals surface area contributed by atoms with E-state index in [0.717, 1.165) is 0 Å². The molecule has 1 saturated heterocycles. The van der Waals surface area contributed by atoms with Gasteiger partial charge in [0.15, 0.2) is 0 Å². The van der Waals surface area contributed by atoms with Crippen molar-refractivity contribution in [2.75, 3.05) is 13.1 Å². The zero-order valence-corrected chi connectivity index (χ0v) is 9.80. The Balaban J connectivity index is 1.94. The van der Waals surface area contributed by atoms with Gasteiger partial charge in [-0.15, -0.1) is 0 Å². The number of carboxylic acids is 1. The minimum absolute atomic E-state index is 0.293. The largest absolute Gasteiger partial charge is 0.481 e. The molecule has 1 unspecified atom stereocenters. The third-order valence-corrected chi connectivity index (χ3v) is 3.20. The van der Waals surface area contributed by atoms with Crippen molar-refractivity contribution in [3.05, 3.63) is 35.6 Å². The standard InChI is InChI=1S/C13H14FNO3/c14-11-4-2-1-3-9(11)5-7-15-8-6-10(12(15)16)13(17)18/h1-4,10H,5-8H2,(H,17,18). The fraction of sp³-hybridized carbons (Fsp3) is 0.385. The summed E-state index contributed by atoms with van der Waals surface area (Å²) in [6.07, 6.45) is 0.746. The number of benzene rings is 1. The van der Waals surface area contributed by atoms with Gasteiger partial charge in [-0.1, -0.05) is 18.2 Å². The number of aliphatic carboxylic acids is 1. The minimum Gasteiger partial charge on any atom is -0.481 e. The fourth-order valence-electron chi connectivity index (χ4n) is 2.15. The Morgan fingerprint density at radius 1 is 1.44 bits per heavy atom. The highest BCUT2D eigenvalue weighted by Crippen LogP contribution is 2.19. The quantitative estimate of drug-likeness (QED) is 0.821. The summed E-state index contributed by atoms with van der Waals surface area (Å²) in [5, 5.41) is 8.82. The van der Waals surface area contributed by atoms with E-state index in [-0.39, 0.29) is 11.7 Å². The van der Waals surface area contributed by atoms with Crippen LogP contribution in [0.5, 0.6) is 0 Å². The summed E-state index contributed by atoms with van der Waals surface area (Å²) < 4.78 is 13.4. The molecule has 4 nitrogen and oxygen atoms in total. The van der Waals surface area contributed by atoms with Gasteiger partial charge in [0, 0.05) is 13.1 Å². The van der Waals surface area contributed by atoms with Crippen molar-refractivity contribution in [3.8, 4) is 0 Å². The summed E-state index contributed by atoms with van der Waals surface area (Å²) in [7, 11) is 0. The van der Waals surface area contributed by atoms with Crippen LogP contribution in [0.2, 0.25) is 0 Å². The van der Waals surface area contributed by atoms with Crippen molar-refractivity contribution >= 4 is 11.9 Å². The molecule has 1 amide bonds. The Morgan fingerprint density at radius 2 is 2.17 bits per heavy atom. The Labute approximate surface area is 104 Å². The number of carbonyl (C=O) groups excluding carboxylic acids is 1. The lowest BCUT2D eigenvalue weighted by Crippen LogP contribution is -2.31. The van der Waals surface area contributed by atoms with E-state index in [1.165, 1.54) is 11.0 Å². The normalized spacial score (nSPS) is 19.3. The van der Waals surface area contributed by atoms with Gasteiger partial charge in [0.05, 0.1) is 0 Å². The summed E-state index contributed by atoms with van der Waals surface area (Å²) in [5.41, 5.74) is 0.545. The Bertz CT molecular complexity index is 475. The molecule has 1 aromatic rings. The maximum atomic E-state index is 13.4. The Kier molecular flexibility index (Phi) is 3.60. The highest BCUT2D eigenvalue weighted by Gasteiger charge is 2.36. The first-order chi connectivity index (χ1) is 8.59. The van der Waals surface area contributed by atoms with Crippen molar-refractivity contribution in [2.24, 2.45) is 5.92 Å². The van der Waals surface area contributed by atoms with Gasteiger partial charge < -0.3 is 10.0 Å². The molecular formula is C13H14FNO3. The van der Waals surface area contributed by atoms with Crippen LogP contribution in [0.3, 0.4) is 0 Å². The van der Waals surface area contributed by atoms with E-state index >= 15 is 0 Å². The van der Waals surface area contributed by atoms with E-state index in [4.69, 9.17) is 5.11 Å². The van der Waals surface area contributed by atoms with Crippen molar-refractivity contribution in [3.63, 3.8) is 0 Å². The first kappa shape index (κ1) is 12.5. The molecule has 0 spiro atoms. The summed E-state index contributed by atoms with van der Waals surface area (Å²) in [6, 6.07) is 6.40. The second-order valence-electron chi connectivity index (χ2n) is 4.35. The van der Waals surface area contributed by atoms with Gasteiger partial charge in [0.2, 0.25) is 5.91 Å². The molecule has 0 radical (unpaired) electrons. The highest BCUT2D eigenvalue weighted by molar-refractivity contribution is 5.98. The molecule has 1 heterocycles. The van der Waals surface area contributed by atoms with E-state index in [0.29, 0.717) is 31.5 Å². The molecular weight excluding hydrogens is 237 g/mol. The van der Waals surface area contributed by atoms with E-state index < -0.39 is 11.9 Å². The number of carbonyl (C=O) groups is 2. The predicted octanol–water partition coefficient (Wildman–Crippen LogP) is 1.30. The van der Waals surface area contributed by atoms with Crippen LogP contribution >= 0.6 is 0 Å². The highest BCUT2D eigenvalue weighted by atomic mass is 19.1. The van der Waals surface area contributed by atoms with Crippen LogP contribution in [-0.2, 0) is 16.0 Å². The first-order valence-electron chi connectivity index (χ1n) is 5.84. The van der Waals surface area contributed by atoms with Gasteiger partial charge in [0.25, 0.3) is 0 Å². The van der Waals surface area contributed by atoms with Crippen molar-refractivity contribution in [1.82, 2.24) is 4.90 Å². The van der Waals surface area contributed by atoms with Crippen molar-refractivity contribution in [2.45, 2.75) is 12.8 Å². The lowest BCUT2D eigenvalue weighted by Gasteiger charge is -2.16. The molecule has 2 rings (SSSR count). The molecule has 0 saturated carbocycles. The number of carboxylic acid groups (broad SMARTS) is 1. The SMILES string of the molecule is O=C(O)C1CCN(CCc2ccccc2F)C1=O. The van der Waals surface area contributed by atoms with Gasteiger partial charge in [0.1, 0.15) is 11.7 Å². The summed E-state index contributed by atoms with van der Waals surface area (Å²) in [4.78, 5) is 24.0. The van der Waals surface area contributed by atoms with E-state index in [1.54, 1.807) is 18.2 Å². The number of hydrogen-bond acceptors (Lipinski definition) is 2. The molecule has 1 aliphatic rings. The number of likely N-dealkylation sites (tertiary alicyclic amines) is 1. The average Bonchev–Trinajstić information content (AvgIpc) is 2.70. The maximum Gasteiger partial charge on any atom is 0.316 e. The van der Waals surface area contributed by atoms with Crippen molar-refractivity contribution in [1.29, 1.82) is 0 Å². The number of hydrogen-bond donors (Lipinski definition) is 1. The number of amides is 1. The molecule has 1 aliphatic heterocycles. The Morgan fingerprint density at radius 3 is 2.78 bits per heavy atom. The van der Waals surface area contributed by atoms with Crippen LogP contribution in [0.4, 0.5) is 4.39 Å². The molecule has 1 aromatic carbocycles. The smallest absolute Gasteiger partial charge is 0.316 e. The van der Waals surface area contributed by atoms with Gasteiger partial charge >= 0.3 is 5.97 Å². The van der Waals surface area contributed by atoms with Crippen LogP contribution in [0.1, 0.15) is 12.0 Å². The predicted molar refractivity (Wildman–Crippen MR) is 62.4 cm³/mol. The van der Waals surface area contributed by atoms with E-state index in [2.05, 4.69) is 0 Å². The van der Waals surface area contributed by atoms with Gasteiger partial charge in [-0.3, -0.25) is 9.59 Å². The lowest BCUT2D eigenvalue weighted by atomic mass is 10.1. The monoisotopic (exact) mass is 251 g/mol. The van der Waals surface area contributed by atoms with Crippen LogP contribution in [-0.4, -0.2) is 35.0 Å². The fourth-order valence-corrected chi connectivity index (χ4v) is 2.15. The second-order valence-corrected chi connectivity index (χ2v) is 4.35. The lowest BCUT2D eigenvalue weighted by molar-refractivity contribution is -0.147. The zero-order valence-electron chi connectivity index (χ0n) is 9.80. The second kappa shape index (κ2) is 5.16. The summed E-state index contributed by atoms with van der Waals surface area (Å²) >= 11 is 0. The van der Waals surface area contributed by atoms with Gasteiger partial charge in [-0.2, -0.15) is 0 Å². The molecule has 0 aromatic heterocycles. The van der Waals surface area contributed by atoms with Gasteiger partial charge in [-0.05, 0) is 24.5 Å². The third kappa shape index (κ3) is 2.50. The molecule has 5 heteroatoms. The van der Waals surface area contributed by atoms with Crippen LogP contribution in [0.15, 0.2) is 24.3 Å². The molecule has 1 atom stereocenters. The topological polar surface area (TPSA) is 57.6 Å². The number of nitrogens with zero attached hydrogens (tertiary/aromatic N) is 1. The molecule has 0 bridgehead atoms. The minimum atomic E-state index is -1.08. The van der Waals surface area contributed by atoms with Gasteiger partial charge in [-0.25, -0.2) is 4.39 Å². The van der Waals surface area contributed by atoms with Crippen LogP contribution < -0.4 is 0 Å². The van der Waals surface area contributed by atoms with Crippen LogP contribution in [0, 0.1) is 11.7 Å². The van der Waals surface area contributed by atoms with Crippen molar-refractivity contribution < 1.29 is 19.1 Å². The zero-order chi connectivity index (χ0) is 13.1.